The quantitative estimate of drug-likeness (QED) is 0.853. The normalized spacial score (nSPS) is 9.82. The lowest BCUT2D eigenvalue weighted by atomic mass is 10.1. The van der Waals surface area contributed by atoms with E-state index in [0.29, 0.717) is 0 Å². The second kappa shape index (κ2) is 5.34. The summed E-state index contributed by atoms with van der Waals surface area (Å²) in [6.45, 7) is 1.66. The van der Waals surface area contributed by atoms with Crippen LogP contribution in [0.5, 0.6) is 5.75 Å². The van der Waals surface area contributed by atoms with E-state index in [1.54, 1.807) is 26.2 Å². The Hall–Kier alpha value is -2.04. The average Bonchev–Trinajstić information content (AvgIpc) is 2.25. The number of amides is 1. The molecule has 0 aliphatic carbocycles. The van der Waals surface area contributed by atoms with Crippen LogP contribution in [0.4, 0.5) is 0 Å². The van der Waals surface area contributed by atoms with Crippen LogP contribution in [0.3, 0.4) is 0 Å². The molecule has 1 rings (SSSR count). The Kier molecular flexibility index (Phi) is 4.09. The van der Waals surface area contributed by atoms with Gasteiger partial charge < -0.3 is 14.7 Å². The number of aromatic carboxylic acids is 1. The van der Waals surface area contributed by atoms with Crippen LogP contribution in [0, 0.1) is 6.92 Å². The minimum absolute atomic E-state index is 0.0576. The minimum Gasteiger partial charge on any atom is -0.483 e. The van der Waals surface area contributed by atoms with E-state index in [2.05, 4.69) is 0 Å². The molecule has 5 heteroatoms. The van der Waals surface area contributed by atoms with Crippen molar-refractivity contribution >= 4 is 11.9 Å². The summed E-state index contributed by atoms with van der Waals surface area (Å²) in [7, 11) is 3.22. The molecule has 0 saturated carbocycles. The van der Waals surface area contributed by atoms with Crippen LogP contribution >= 0.6 is 0 Å². The zero-order chi connectivity index (χ0) is 13.0. The molecule has 0 bridgehead atoms. The lowest BCUT2D eigenvalue weighted by molar-refractivity contribution is -0.130. The monoisotopic (exact) mass is 237 g/mol. The molecular formula is C12H15NO4. The van der Waals surface area contributed by atoms with Gasteiger partial charge in [-0.05, 0) is 24.6 Å². The minimum atomic E-state index is -1.07. The number of likely N-dealkylation sites (N-methyl/N-ethyl adjacent to an activating group) is 1. The van der Waals surface area contributed by atoms with Crippen LogP contribution < -0.4 is 4.74 Å². The molecule has 0 aliphatic rings. The predicted molar refractivity (Wildman–Crippen MR) is 62.3 cm³/mol. The molecule has 0 heterocycles. The van der Waals surface area contributed by atoms with Crippen molar-refractivity contribution in [2.75, 3.05) is 20.7 Å². The van der Waals surface area contributed by atoms with Gasteiger partial charge in [0.2, 0.25) is 0 Å². The summed E-state index contributed by atoms with van der Waals surface area (Å²) in [6.07, 6.45) is 0. The van der Waals surface area contributed by atoms with Gasteiger partial charge in [0, 0.05) is 14.1 Å². The Labute approximate surface area is 99.6 Å². The molecule has 92 valence electrons. The predicted octanol–water partition coefficient (Wildman–Crippen LogP) is 1.16. The van der Waals surface area contributed by atoms with Crippen LogP contribution in [0.2, 0.25) is 0 Å². The summed E-state index contributed by atoms with van der Waals surface area (Å²) in [5.41, 5.74) is 0.935. The van der Waals surface area contributed by atoms with E-state index in [9.17, 15) is 9.59 Å². The SMILES string of the molecule is Cc1ccc(C(=O)O)c(OCC(=O)N(C)C)c1. The number of carbonyl (C=O) groups is 2. The summed E-state index contributed by atoms with van der Waals surface area (Å²) in [6, 6.07) is 4.75. The molecule has 0 unspecified atom stereocenters. The topological polar surface area (TPSA) is 66.8 Å². The lowest BCUT2D eigenvalue weighted by Crippen LogP contribution is -2.27. The lowest BCUT2D eigenvalue weighted by Gasteiger charge is -2.13. The van der Waals surface area contributed by atoms with E-state index in [1.807, 2.05) is 6.92 Å². The van der Waals surface area contributed by atoms with Crippen molar-refractivity contribution in [3.05, 3.63) is 29.3 Å². The Morgan fingerprint density at radius 1 is 1.35 bits per heavy atom. The molecule has 0 radical (unpaired) electrons. The maximum absolute atomic E-state index is 11.3. The smallest absolute Gasteiger partial charge is 0.339 e. The Morgan fingerprint density at radius 3 is 2.53 bits per heavy atom. The zero-order valence-corrected chi connectivity index (χ0v) is 10.1. The highest BCUT2D eigenvalue weighted by Crippen LogP contribution is 2.20. The number of hydrogen-bond acceptors (Lipinski definition) is 3. The number of nitrogens with zero attached hydrogens (tertiary/aromatic N) is 1. The van der Waals surface area contributed by atoms with E-state index in [4.69, 9.17) is 9.84 Å². The maximum atomic E-state index is 11.3. The molecule has 1 aromatic carbocycles. The first-order valence-electron chi connectivity index (χ1n) is 5.08. The van der Waals surface area contributed by atoms with Crippen molar-refractivity contribution in [3.63, 3.8) is 0 Å². The number of rotatable bonds is 4. The molecule has 1 N–H and O–H groups in total. The molecule has 0 spiro atoms. The first-order valence-corrected chi connectivity index (χ1v) is 5.08. The Bertz CT molecular complexity index is 440. The zero-order valence-electron chi connectivity index (χ0n) is 10.1. The van der Waals surface area contributed by atoms with Crippen molar-refractivity contribution in [2.24, 2.45) is 0 Å². The number of carboxylic acids is 1. The summed E-state index contributed by atoms with van der Waals surface area (Å²) in [5, 5.41) is 8.96. The Balaban J connectivity index is 2.86. The highest BCUT2D eigenvalue weighted by atomic mass is 16.5. The molecule has 5 nitrogen and oxygen atoms in total. The third-order valence-electron chi connectivity index (χ3n) is 2.22. The number of benzene rings is 1. The third-order valence-corrected chi connectivity index (χ3v) is 2.22. The third kappa shape index (κ3) is 3.48. The average molecular weight is 237 g/mol. The Morgan fingerprint density at radius 2 is 2.00 bits per heavy atom. The van der Waals surface area contributed by atoms with Crippen molar-refractivity contribution in [3.8, 4) is 5.75 Å². The van der Waals surface area contributed by atoms with E-state index in [1.165, 1.54) is 11.0 Å². The molecule has 1 aromatic rings. The highest BCUT2D eigenvalue weighted by Gasteiger charge is 2.13. The van der Waals surface area contributed by atoms with Crippen molar-refractivity contribution in [2.45, 2.75) is 6.92 Å². The van der Waals surface area contributed by atoms with Gasteiger partial charge in [-0.1, -0.05) is 6.07 Å². The number of hydrogen-bond donors (Lipinski definition) is 1. The number of carboxylic acid groups (broad SMARTS) is 1. The molecule has 0 aromatic heterocycles. The molecule has 0 aliphatic heterocycles. The van der Waals surface area contributed by atoms with Crippen molar-refractivity contribution in [1.29, 1.82) is 0 Å². The van der Waals surface area contributed by atoms with Crippen molar-refractivity contribution < 1.29 is 19.4 Å². The number of ether oxygens (including phenoxy) is 1. The summed E-state index contributed by atoms with van der Waals surface area (Å²) in [4.78, 5) is 23.7. The largest absolute Gasteiger partial charge is 0.483 e. The summed E-state index contributed by atoms with van der Waals surface area (Å²) in [5.74, 6) is -1.08. The molecule has 17 heavy (non-hydrogen) atoms. The number of aryl methyl sites for hydroxylation is 1. The van der Waals surface area contributed by atoms with Gasteiger partial charge in [0.15, 0.2) is 6.61 Å². The summed E-state index contributed by atoms with van der Waals surface area (Å²) >= 11 is 0. The van der Waals surface area contributed by atoms with Gasteiger partial charge in [-0.15, -0.1) is 0 Å². The molecule has 0 fully saturated rings. The van der Waals surface area contributed by atoms with Crippen LogP contribution in [0.15, 0.2) is 18.2 Å². The standard InChI is InChI=1S/C12H15NO4/c1-8-4-5-9(12(15)16)10(6-8)17-7-11(14)13(2)3/h4-6H,7H2,1-3H3,(H,15,16). The fourth-order valence-corrected chi connectivity index (χ4v) is 1.19. The van der Waals surface area contributed by atoms with Gasteiger partial charge in [0.1, 0.15) is 11.3 Å². The first-order chi connectivity index (χ1) is 7.91. The fraction of sp³-hybridized carbons (Fsp3) is 0.333. The fourth-order valence-electron chi connectivity index (χ4n) is 1.19. The van der Waals surface area contributed by atoms with Crippen LogP contribution in [-0.2, 0) is 4.79 Å². The summed E-state index contributed by atoms with van der Waals surface area (Å²) < 4.78 is 5.23. The van der Waals surface area contributed by atoms with Gasteiger partial charge in [-0.3, -0.25) is 4.79 Å². The number of carbonyl (C=O) groups excluding carboxylic acids is 1. The molecule has 0 saturated heterocycles. The van der Waals surface area contributed by atoms with Gasteiger partial charge in [0.05, 0.1) is 0 Å². The second-order valence-electron chi connectivity index (χ2n) is 3.88. The molecule has 1 amide bonds. The van der Waals surface area contributed by atoms with E-state index >= 15 is 0 Å². The molecular weight excluding hydrogens is 222 g/mol. The van der Waals surface area contributed by atoms with E-state index in [-0.39, 0.29) is 23.8 Å². The van der Waals surface area contributed by atoms with Crippen LogP contribution in [0.1, 0.15) is 15.9 Å². The van der Waals surface area contributed by atoms with Crippen molar-refractivity contribution in [1.82, 2.24) is 4.90 Å². The highest BCUT2D eigenvalue weighted by molar-refractivity contribution is 5.91. The first kappa shape index (κ1) is 13.0. The second-order valence-corrected chi connectivity index (χ2v) is 3.88. The van der Waals surface area contributed by atoms with Gasteiger partial charge in [0.25, 0.3) is 5.91 Å². The molecule has 0 atom stereocenters. The van der Waals surface area contributed by atoms with E-state index < -0.39 is 5.97 Å². The van der Waals surface area contributed by atoms with Crippen LogP contribution in [-0.4, -0.2) is 42.6 Å². The maximum Gasteiger partial charge on any atom is 0.339 e. The van der Waals surface area contributed by atoms with Gasteiger partial charge in [-0.2, -0.15) is 0 Å². The van der Waals surface area contributed by atoms with E-state index in [0.717, 1.165) is 5.56 Å². The van der Waals surface area contributed by atoms with Gasteiger partial charge in [-0.25, -0.2) is 4.79 Å². The van der Waals surface area contributed by atoms with Gasteiger partial charge >= 0.3 is 5.97 Å². The van der Waals surface area contributed by atoms with Crippen LogP contribution in [0.25, 0.3) is 0 Å².